The lowest BCUT2D eigenvalue weighted by Gasteiger charge is -2.10. The van der Waals surface area contributed by atoms with Crippen molar-refractivity contribution in [1.82, 2.24) is 21.7 Å². The van der Waals surface area contributed by atoms with Crippen LogP contribution in [0.4, 0.5) is 0 Å². The summed E-state index contributed by atoms with van der Waals surface area (Å²) in [5.74, 6) is -1.13. The molecule has 2 rings (SSSR count). The summed E-state index contributed by atoms with van der Waals surface area (Å²) in [6, 6.07) is 9.22. The van der Waals surface area contributed by atoms with Gasteiger partial charge in [-0.2, -0.15) is 0 Å². The lowest BCUT2D eigenvalue weighted by atomic mass is 10.1. The maximum absolute atomic E-state index is 11.9. The van der Waals surface area contributed by atoms with E-state index in [2.05, 4.69) is 21.7 Å². The first kappa shape index (κ1) is 32.3. The van der Waals surface area contributed by atoms with Crippen LogP contribution in [0.1, 0.15) is 44.9 Å². The van der Waals surface area contributed by atoms with Gasteiger partial charge in [0, 0.05) is 22.9 Å². The Morgan fingerprint density at radius 2 is 0.897 bits per heavy atom. The number of ether oxygens (including phenoxy) is 2. The van der Waals surface area contributed by atoms with Crippen LogP contribution in [0.25, 0.3) is 0 Å². The average Bonchev–Trinajstić information content (AvgIpc) is 2.89. The van der Waals surface area contributed by atoms with Crippen molar-refractivity contribution in [3.63, 3.8) is 0 Å². The number of benzene rings is 2. The van der Waals surface area contributed by atoms with E-state index in [0.29, 0.717) is 34.4 Å². The van der Waals surface area contributed by atoms with Crippen LogP contribution in [-0.2, 0) is 19.2 Å². The van der Waals surface area contributed by atoms with Crippen molar-refractivity contribution in [3.8, 4) is 11.5 Å². The zero-order chi connectivity index (χ0) is 28.6. The van der Waals surface area contributed by atoms with Crippen molar-refractivity contribution in [1.29, 1.82) is 0 Å². The van der Waals surface area contributed by atoms with Gasteiger partial charge in [0.2, 0.25) is 11.8 Å². The van der Waals surface area contributed by atoms with E-state index in [1.54, 1.807) is 24.3 Å². The molecular formula is C25H28Cl4N4O6. The van der Waals surface area contributed by atoms with Gasteiger partial charge in [0.05, 0.1) is 10.0 Å². The largest absolute Gasteiger partial charge is 0.482 e. The molecule has 0 aromatic heterocycles. The topological polar surface area (TPSA) is 135 Å². The molecule has 0 atom stereocenters. The van der Waals surface area contributed by atoms with E-state index in [4.69, 9.17) is 55.9 Å². The lowest BCUT2D eigenvalue weighted by molar-refractivity contribution is -0.130. The van der Waals surface area contributed by atoms with E-state index in [0.717, 1.165) is 19.3 Å². The van der Waals surface area contributed by atoms with E-state index >= 15 is 0 Å². The molecular weight excluding hydrogens is 594 g/mol. The van der Waals surface area contributed by atoms with E-state index in [9.17, 15) is 19.2 Å². The van der Waals surface area contributed by atoms with Crippen LogP contribution in [-0.4, -0.2) is 36.8 Å². The molecule has 0 aliphatic heterocycles. The smallest absolute Gasteiger partial charge is 0.276 e. The number of carbonyl (C=O) groups is 4. The first-order chi connectivity index (χ1) is 18.6. The lowest BCUT2D eigenvalue weighted by Crippen LogP contribution is -2.43. The standard InChI is InChI=1S/C25H28Cl4N4O6/c26-16-8-10-20(18(28)12-16)38-14-24(36)32-30-22(34)6-4-2-1-3-5-7-23(35)31-33-25(37)15-39-21-11-9-17(27)13-19(21)29/h8-13H,1-7,14-15H2,(H,30,34)(H,31,35)(H,32,36)(H,33,37). The number of hydrazine groups is 2. The zero-order valence-corrected chi connectivity index (χ0v) is 23.8. The molecule has 10 nitrogen and oxygen atoms in total. The Labute approximate surface area is 245 Å². The number of rotatable bonds is 14. The van der Waals surface area contributed by atoms with E-state index in [1.807, 2.05) is 0 Å². The highest BCUT2D eigenvalue weighted by atomic mass is 35.5. The number of hydrogen-bond acceptors (Lipinski definition) is 6. The molecule has 0 aliphatic carbocycles. The predicted molar refractivity (Wildman–Crippen MR) is 149 cm³/mol. The van der Waals surface area contributed by atoms with Crippen molar-refractivity contribution in [2.24, 2.45) is 0 Å². The summed E-state index contributed by atoms with van der Waals surface area (Å²) in [5, 5.41) is 1.43. The highest BCUT2D eigenvalue weighted by Crippen LogP contribution is 2.28. The molecule has 0 fully saturated rings. The summed E-state index contributed by atoms with van der Waals surface area (Å²) in [5.41, 5.74) is 9.19. The number of halogens is 4. The minimum absolute atomic E-state index is 0.236. The summed E-state index contributed by atoms with van der Waals surface area (Å²) >= 11 is 23.5. The van der Waals surface area contributed by atoms with Crippen molar-refractivity contribution in [3.05, 3.63) is 56.5 Å². The van der Waals surface area contributed by atoms with Crippen LogP contribution in [0.2, 0.25) is 20.1 Å². The summed E-state index contributed by atoms with van der Waals surface area (Å²) in [6.07, 6.45) is 4.10. The number of nitrogens with one attached hydrogen (secondary N) is 4. The van der Waals surface area contributed by atoms with Gasteiger partial charge in [-0.3, -0.25) is 40.9 Å². The second-order valence-electron chi connectivity index (χ2n) is 8.19. The van der Waals surface area contributed by atoms with Crippen LogP contribution < -0.4 is 31.2 Å². The van der Waals surface area contributed by atoms with Crippen molar-refractivity contribution < 1.29 is 28.7 Å². The molecule has 39 heavy (non-hydrogen) atoms. The van der Waals surface area contributed by atoms with Gasteiger partial charge in [0.15, 0.2) is 13.2 Å². The van der Waals surface area contributed by atoms with E-state index < -0.39 is 11.8 Å². The molecule has 0 aliphatic rings. The molecule has 2 aromatic rings. The minimum atomic E-state index is -0.540. The number of unbranched alkanes of at least 4 members (excludes halogenated alkanes) is 4. The third kappa shape index (κ3) is 13.6. The Morgan fingerprint density at radius 1 is 0.538 bits per heavy atom. The summed E-state index contributed by atoms with van der Waals surface area (Å²) in [4.78, 5) is 47.3. The number of carbonyl (C=O) groups excluding carboxylic acids is 4. The highest BCUT2D eigenvalue weighted by Gasteiger charge is 2.10. The zero-order valence-electron chi connectivity index (χ0n) is 20.8. The third-order valence-corrected chi connectivity index (χ3v) is 6.06. The van der Waals surface area contributed by atoms with Crippen molar-refractivity contribution >= 4 is 70.0 Å². The Bertz CT molecular complexity index is 1060. The molecule has 14 heteroatoms. The first-order valence-electron chi connectivity index (χ1n) is 11.9. The average molecular weight is 622 g/mol. The molecule has 0 unspecified atom stereocenters. The van der Waals surface area contributed by atoms with Gasteiger partial charge >= 0.3 is 0 Å². The Morgan fingerprint density at radius 3 is 1.28 bits per heavy atom. The van der Waals surface area contributed by atoms with Gasteiger partial charge in [-0.25, -0.2) is 0 Å². The molecule has 4 N–H and O–H groups in total. The molecule has 0 saturated carbocycles. The minimum Gasteiger partial charge on any atom is -0.482 e. The van der Waals surface area contributed by atoms with Crippen molar-refractivity contribution in [2.75, 3.05) is 13.2 Å². The monoisotopic (exact) mass is 620 g/mol. The van der Waals surface area contributed by atoms with Crippen LogP contribution in [0, 0.1) is 0 Å². The molecule has 0 radical (unpaired) electrons. The Hall–Kier alpha value is -2.92. The SMILES string of the molecule is O=C(CCCCCCCC(=O)NNC(=O)COc1ccc(Cl)cc1Cl)NNC(=O)COc1ccc(Cl)cc1Cl. The van der Waals surface area contributed by atoms with Gasteiger partial charge in [-0.05, 0) is 49.2 Å². The van der Waals surface area contributed by atoms with Crippen LogP contribution in [0.15, 0.2) is 36.4 Å². The van der Waals surface area contributed by atoms with Gasteiger partial charge in [-0.1, -0.05) is 65.7 Å². The quantitative estimate of drug-likeness (QED) is 0.177. The van der Waals surface area contributed by atoms with Gasteiger partial charge in [-0.15, -0.1) is 0 Å². The molecule has 212 valence electrons. The second kappa shape index (κ2) is 17.6. The fraction of sp³-hybridized carbons (Fsp3) is 0.360. The molecule has 0 heterocycles. The van der Waals surface area contributed by atoms with E-state index in [1.165, 1.54) is 12.1 Å². The summed E-state index contributed by atoms with van der Waals surface area (Å²) < 4.78 is 10.6. The Kier molecular flexibility index (Phi) is 14.6. The maximum atomic E-state index is 11.9. The number of hydrogen-bond donors (Lipinski definition) is 4. The van der Waals surface area contributed by atoms with E-state index in [-0.39, 0.29) is 47.9 Å². The fourth-order valence-electron chi connectivity index (χ4n) is 3.05. The van der Waals surface area contributed by atoms with Crippen LogP contribution >= 0.6 is 46.4 Å². The fourth-order valence-corrected chi connectivity index (χ4v) is 3.97. The molecule has 0 saturated heterocycles. The van der Waals surface area contributed by atoms with Gasteiger partial charge in [0.25, 0.3) is 11.8 Å². The molecule has 0 spiro atoms. The highest BCUT2D eigenvalue weighted by molar-refractivity contribution is 6.36. The predicted octanol–water partition coefficient (Wildman–Crippen LogP) is 4.78. The molecule has 0 bridgehead atoms. The Balaban J connectivity index is 1.44. The molecule has 2 aromatic carbocycles. The second-order valence-corrected chi connectivity index (χ2v) is 9.87. The first-order valence-corrected chi connectivity index (χ1v) is 13.5. The van der Waals surface area contributed by atoms with Crippen LogP contribution in [0.3, 0.4) is 0 Å². The summed E-state index contributed by atoms with van der Waals surface area (Å²) in [6.45, 7) is -0.657. The maximum Gasteiger partial charge on any atom is 0.276 e. The van der Waals surface area contributed by atoms with Gasteiger partial charge < -0.3 is 9.47 Å². The van der Waals surface area contributed by atoms with Gasteiger partial charge in [0.1, 0.15) is 11.5 Å². The third-order valence-electron chi connectivity index (χ3n) is 5.00. The van der Waals surface area contributed by atoms with Crippen molar-refractivity contribution in [2.45, 2.75) is 44.9 Å². The number of amides is 4. The normalized spacial score (nSPS) is 10.4. The van der Waals surface area contributed by atoms with Crippen LogP contribution in [0.5, 0.6) is 11.5 Å². The summed E-state index contributed by atoms with van der Waals surface area (Å²) in [7, 11) is 0. The molecule has 4 amide bonds.